The van der Waals surface area contributed by atoms with Gasteiger partial charge in [0.25, 0.3) is 0 Å². The highest BCUT2D eigenvalue weighted by Crippen LogP contribution is 2.23. The molecule has 0 aliphatic rings. The van der Waals surface area contributed by atoms with Gasteiger partial charge >= 0.3 is 0 Å². The first kappa shape index (κ1) is 14.0. The number of hydrogen-bond donors (Lipinski definition) is 2. The van der Waals surface area contributed by atoms with Crippen LogP contribution in [-0.2, 0) is 6.42 Å². The number of rotatable bonds is 4. The van der Waals surface area contributed by atoms with Crippen LogP contribution in [0.4, 0.5) is 0 Å². The number of halogens is 1. The van der Waals surface area contributed by atoms with Crippen molar-refractivity contribution in [2.24, 2.45) is 5.73 Å². The minimum absolute atomic E-state index is 0.117. The number of benzene rings is 2. The molecule has 3 rings (SSSR count). The number of nitrogens with one attached hydrogen (secondary N) is 1. The molecule has 0 fully saturated rings. The van der Waals surface area contributed by atoms with Crippen LogP contribution in [-0.4, -0.2) is 15.0 Å². The summed E-state index contributed by atoms with van der Waals surface area (Å²) >= 11 is 11.1. The van der Waals surface area contributed by atoms with E-state index in [2.05, 4.69) is 9.97 Å². The summed E-state index contributed by atoms with van der Waals surface area (Å²) in [5.41, 5.74) is 8.95. The van der Waals surface area contributed by atoms with Crippen LogP contribution in [0.5, 0.6) is 0 Å². The Morgan fingerprint density at radius 2 is 1.90 bits per heavy atom. The Bertz CT molecular complexity index is 747. The van der Waals surface area contributed by atoms with Gasteiger partial charge in [-0.1, -0.05) is 48.1 Å². The lowest BCUT2D eigenvalue weighted by atomic mass is 9.99. The van der Waals surface area contributed by atoms with Crippen molar-refractivity contribution < 1.29 is 0 Å². The normalized spacial score (nSPS) is 12.4. The first-order valence-corrected chi connectivity index (χ1v) is 7.40. The van der Waals surface area contributed by atoms with Crippen molar-refractivity contribution in [1.29, 1.82) is 0 Å². The average molecular weight is 316 g/mol. The van der Waals surface area contributed by atoms with E-state index in [4.69, 9.17) is 29.6 Å². The molecular weight excluding hydrogens is 302 g/mol. The van der Waals surface area contributed by atoms with Crippen LogP contribution in [0.25, 0.3) is 11.0 Å². The zero-order valence-electron chi connectivity index (χ0n) is 11.2. The highest BCUT2D eigenvalue weighted by Gasteiger charge is 2.19. The molecule has 3 aromatic rings. The zero-order chi connectivity index (χ0) is 14.8. The summed E-state index contributed by atoms with van der Waals surface area (Å²) in [5.74, 6) is 0.687. The van der Waals surface area contributed by atoms with E-state index in [0.29, 0.717) is 11.4 Å². The minimum atomic E-state index is -0.117. The maximum absolute atomic E-state index is 5.91. The lowest BCUT2D eigenvalue weighted by Crippen LogP contribution is -2.22. The van der Waals surface area contributed by atoms with Crippen LogP contribution < -0.4 is 5.73 Å². The summed E-state index contributed by atoms with van der Waals surface area (Å²) in [6, 6.07) is 15.6. The summed E-state index contributed by atoms with van der Waals surface area (Å²) in [7, 11) is 0. The van der Waals surface area contributed by atoms with E-state index >= 15 is 0 Å². The van der Waals surface area contributed by atoms with Crippen molar-refractivity contribution in [1.82, 2.24) is 9.97 Å². The van der Waals surface area contributed by atoms with E-state index in [-0.39, 0.29) is 5.92 Å². The Kier molecular flexibility index (Phi) is 3.90. The zero-order valence-corrected chi connectivity index (χ0v) is 12.8. The van der Waals surface area contributed by atoms with Gasteiger partial charge in [-0.25, -0.2) is 4.98 Å². The maximum atomic E-state index is 5.91. The molecule has 3 N–H and O–H groups in total. The molecule has 0 saturated heterocycles. The van der Waals surface area contributed by atoms with Gasteiger partial charge in [-0.05, 0) is 36.2 Å². The molecule has 1 heterocycles. The smallest absolute Gasteiger partial charge is 0.117 e. The molecule has 0 spiro atoms. The second-order valence-corrected chi connectivity index (χ2v) is 5.83. The van der Waals surface area contributed by atoms with Gasteiger partial charge in [0.2, 0.25) is 0 Å². The van der Waals surface area contributed by atoms with Gasteiger partial charge in [0.15, 0.2) is 0 Å². The molecule has 0 unspecified atom stereocenters. The first-order chi connectivity index (χ1) is 10.1. The number of aromatic amines is 1. The number of aromatic nitrogens is 2. The molecule has 3 nitrogen and oxygen atoms in total. The van der Waals surface area contributed by atoms with Crippen molar-refractivity contribution in [3.8, 4) is 0 Å². The molecule has 0 bridgehead atoms. The molecule has 1 atom stereocenters. The third-order valence-electron chi connectivity index (χ3n) is 3.43. The van der Waals surface area contributed by atoms with Crippen molar-refractivity contribution in [3.63, 3.8) is 0 Å². The molecule has 0 radical (unpaired) electrons. The van der Waals surface area contributed by atoms with Crippen molar-refractivity contribution >= 4 is 39.8 Å². The number of nitrogens with two attached hydrogens (primary N) is 1. The number of para-hydroxylation sites is 2. The molecule has 21 heavy (non-hydrogen) atoms. The molecule has 0 aliphatic heterocycles. The van der Waals surface area contributed by atoms with Crippen molar-refractivity contribution in [2.45, 2.75) is 12.3 Å². The van der Waals surface area contributed by atoms with Crippen molar-refractivity contribution in [2.75, 3.05) is 0 Å². The molecule has 5 heteroatoms. The Hall–Kier alpha value is -1.91. The van der Waals surface area contributed by atoms with Crippen LogP contribution in [0.1, 0.15) is 17.3 Å². The van der Waals surface area contributed by atoms with Crippen LogP contribution >= 0.6 is 23.8 Å². The Morgan fingerprint density at radius 1 is 1.19 bits per heavy atom. The number of nitrogens with zero attached hydrogens (tertiary/aromatic N) is 1. The molecule has 0 aliphatic carbocycles. The largest absolute Gasteiger partial charge is 0.393 e. The van der Waals surface area contributed by atoms with Crippen LogP contribution in [0, 0.1) is 0 Å². The standard InChI is InChI=1S/C16H14ClN3S/c17-11-7-5-10(6-8-11)9-12(15(18)21)16-19-13-3-1-2-4-14(13)20-16/h1-8,12H,9H2,(H2,18,21)(H,19,20)/t12-/m0/s1. The van der Waals surface area contributed by atoms with Gasteiger partial charge in [-0.15, -0.1) is 0 Å². The third kappa shape index (κ3) is 3.06. The maximum Gasteiger partial charge on any atom is 0.117 e. The van der Waals surface area contributed by atoms with Gasteiger partial charge in [-0.3, -0.25) is 0 Å². The SMILES string of the molecule is NC(=S)[C@H](Cc1ccc(Cl)cc1)c1nc2ccccc2[nH]1. The third-order valence-corrected chi connectivity index (χ3v) is 3.97. The summed E-state index contributed by atoms with van der Waals surface area (Å²) < 4.78 is 0. The lowest BCUT2D eigenvalue weighted by Gasteiger charge is -2.13. The van der Waals surface area contributed by atoms with Gasteiger partial charge in [0, 0.05) is 5.02 Å². The van der Waals surface area contributed by atoms with Gasteiger partial charge in [0.05, 0.1) is 21.9 Å². The molecule has 0 amide bonds. The Labute approximate surface area is 133 Å². The van der Waals surface area contributed by atoms with E-state index in [1.165, 1.54) is 0 Å². The quantitative estimate of drug-likeness (QED) is 0.719. The van der Waals surface area contributed by atoms with E-state index in [0.717, 1.165) is 27.4 Å². The summed E-state index contributed by atoms with van der Waals surface area (Å²) in [6.45, 7) is 0. The predicted octanol–water partition coefficient (Wildman–Crippen LogP) is 3.83. The number of hydrogen-bond acceptors (Lipinski definition) is 2. The first-order valence-electron chi connectivity index (χ1n) is 6.62. The van der Waals surface area contributed by atoms with Crippen LogP contribution in [0.3, 0.4) is 0 Å². The molecule has 2 aromatic carbocycles. The highest BCUT2D eigenvalue weighted by molar-refractivity contribution is 7.80. The highest BCUT2D eigenvalue weighted by atomic mass is 35.5. The van der Waals surface area contributed by atoms with E-state index in [1.807, 2.05) is 48.5 Å². The summed E-state index contributed by atoms with van der Waals surface area (Å²) in [4.78, 5) is 8.34. The monoisotopic (exact) mass is 315 g/mol. The summed E-state index contributed by atoms with van der Waals surface area (Å²) in [5, 5.41) is 0.717. The van der Waals surface area contributed by atoms with Crippen molar-refractivity contribution in [3.05, 3.63) is 64.9 Å². The number of fused-ring (bicyclic) bond motifs is 1. The van der Waals surface area contributed by atoms with E-state index in [9.17, 15) is 0 Å². The van der Waals surface area contributed by atoms with Gasteiger partial charge < -0.3 is 10.7 Å². The fourth-order valence-electron chi connectivity index (χ4n) is 2.33. The topological polar surface area (TPSA) is 54.7 Å². The number of imidazole rings is 1. The molecule has 106 valence electrons. The van der Waals surface area contributed by atoms with Gasteiger partial charge in [0.1, 0.15) is 5.82 Å². The minimum Gasteiger partial charge on any atom is -0.393 e. The average Bonchev–Trinajstić information content (AvgIpc) is 2.89. The number of H-pyrrole nitrogens is 1. The van der Waals surface area contributed by atoms with Gasteiger partial charge in [-0.2, -0.15) is 0 Å². The Balaban J connectivity index is 1.93. The lowest BCUT2D eigenvalue weighted by molar-refractivity contribution is 0.821. The van der Waals surface area contributed by atoms with Crippen LogP contribution in [0.15, 0.2) is 48.5 Å². The Morgan fingerprint density at radius 3 is 2.57 bits per heavy atom. The molecule has 0 saturated carbocycles. The van der Waals surface area contributed by atoms with Crippen LogP contribution in [0.2, 0.25) is 5.02 Å². The fraction of sp³-hybridized carbons (Fsp3) is 0.125. The second-order valence-electron chi connectivity index (χ2n) is 4.92. The second kappa shape index (κ2) is 5.84. The number of thiocarbonyl (C=S) groups is 1. The van der Waals surface area contributed by atoms with E-state index in [1.54, 1.807) is 0 Å². The molecular formula is C16H14ClN3S. The summed E-state index contributed by atoms with van der Waals surface area (Å²) in [6.07, 6.45) is 0.701. The predicted molar refractivity (Wildman–Crippen MR) is 90.8 cm³/mol. The fourth-order valence-corrected chi connectivity index (χ4v) is 2.65. The molecule has 1 aromatic heterocycles. The van der Waals surface area contributed by atoms with E-state index < -0.39 is 0 Å².